The quantitative estimate of drug-likeness (QED) is 0.0458. The van der Waals surface area contributed by atoms with Gasteiger partial charge in [-0.2, -0.15) is 0 Å². The number of halogens is 2. The van der Waals surface area contributed by atoms with Crippen LogP contribution in [0.5, 0.6) is 5.75 Å². The van der Waals surface area contributed by atoms with Crippen LogP contribution in [0.4, 0.5) is 4.39 Å². The molecule has 5 rings (SSSR count). The molecule has 0 fully saturated rings. The van der Waals surface area contributed by atoms with Gasteiger partial charge in [0.15, 0.2) is 11.6 Å². The first-order chi connectivity index (χ1) is 22.4. The highest BCUT2D eigenvalue weighted by Crippen LogP contribution is 2.44. The number of benzene rings is 4. The predicted octanol–water partition coefficient (Wildman–Crippen LogP) is 6.48. The van der Waals surface area contributed by atoms with E-state index in [0.29, 0.717) is 41.0 Å². The minimum Gasteiger partial charge on any atom is -0.494 e. The van der Waals surface area contributed by atoms with E-state index in [1.54, 1.807) is 42.5 Å². The van der Waals surface area contributed by atoms with Gasteiger partial charge >= 0.3 is 0 Å². The van der Waals surface area contributed by atoms with Gasteiger partial charge in [-0.3, -0.25) is 10.2 Å². The van der Waals surface area contributed by atoms with Gasteiger partial charge in [0.25, 0.3) is 5.91 Å². The van der Waals surface area contributed by atoms with Gasteiger partial charge in [0.2, 0.25) is 5.90 Å². The van der Waals surface area contributed by atoms with Crippen LogP contribution in [0.25, 0.3) is 10.4 Å². The number of nitrogens with zero attached hydrogens (tertiary/aromatic N) is 4. The van der Waals surface area contributed by atoms with Crippen LogP contribution in [0.15, 0.2) is 112 Å². The molecule has 3 N–H and O–H groups in total. The van der Waals surface area contributed by atoms with Gasteiger partial charge in [-0.25, -0.2) is 14.8 Å². The zero-order chi connectivity index (χ0) is 32.4. The summed E-state index contributed by atoms with van der Waals surface area (Å²) in [5.74, 6) is -0.0455. The van der Waals surface area contributed by atoms with Crippen LogP contribution in [-0.4, -0.2) is 35.7 Å². The molecular weight excluding hydrogens is 655 g/mol. The lowest BCUT2D eigenvalue weighted by atomic mass is 9.80. The second kappa shape index (κ2) is 15.5. The van der Waals surface area contributed by atoms with Crippen molar-refractivity contribution in [1.29, 1.82) is 0 Å². The number of ether oxygens (including phenoxy) is 2. The SMILES string of the molecule is [N-]=[N+]=NCc1ccccc1[C@@H]1OC(c2ccc(OCCCO)cc2)=N[C@]1(Cc1ccccc1Br)C(=O)NNCc1ccccc1F. The molecule has 4 aromatic carbocycles. The molecule has 10 nitrogen and oxygen atoms in total. The Hall–Kier alpha value is -4.74. The fraction of sp³-hybridized carbons (Fsp3) is 0.235. The summed E-state index contributed by atoms with van der Waals surface area (Å²) in [4.78, 5) is 22.4. The average molecular weight is 688 g/mol. The summed E-state index contributed by atoms with van der Waals surface area (Å²) in [6, 6.07) is 28.3. The second-order valence-electron chi connectivity index (χ2n) is 10.5. The molecule has 0 bridgehead atoms. The molecule has 0 saturated heterocycles. The van der Waals surface area contributed by atoms with E-state index in [-0.39, 0.29) is 32.0 Å². The van der Waals surface area contributed by atoms with Crippen molar-refractivity contribution in [2.24, 2.45) is 10.1 Å². The molecule has 1 aliphatic heterocycles. The molecular formula is C34H32BrFN6O4. The standard InChI is InChI=1S/C34H32BrFN6O4/c35-29-12-5-2-8-24(29)20-34(33(44)41-38-22-26-10-3-6-13-30(26)36)31(28-11-4-1-9-25(28)21-39-42-37)46-32(40-34)23-14-16-27(17-15-23)45-19-7-18-43/h1-6,8-17,31,38,43H,7,18-22H2,(H,41,44)/t31-,34-/m0/s1. The maximum absolute atomic E-state index is 14.5. The number of aliphatic imine (C=N–C) groups is 1. The number of aliphatic hydroxyl groups excluding tert-OH is 1. The number of aliphatic hydroxyl groups is 1. The lowest BCUT2D eigenvalue weighted by molar-refractivity contribution is -0.130. The van der Waals surface area contributed by atoms with Crippen molar-refractivity contribution in [3.05, 3.63) is 146 Å². The van der Waals surface area contributed by atoms with Gasteiger partial charge < -0.3 is 14.6 Å². The number of rotatable bonds is 14. The first-order valence-corrected chi connectivity index (χ1v) is 15.4. The van der Waals surface area contributed by atoms with Crippen molar-refractivity contribution < 1.29 is 23.8 Å². The highest BCUT2D eigenvalue weighted by molar-refractivity contribution is 9.10. The normalized spacial score (nSPS) is 17.0. The summed E-state index contributed by atoms with van der Waals surface area (Å²) >= 11 is 3.62. The van der Waals surface area contributed by atoms with E-state index in [2.05, 4.69) is 36.8 Å². The zero-order valence-corrected chi connectivity index (χ0v) is 26.4. The molecule has 1 amide bonds. The first kappa shape index (κ1) is 32.6. The number of hydrogen-bond acceptors (Lipinski definition) is 7. The van der Waals surface area contributed by atoms with Crippen molar-refractivity contribution in [2.45, 2.75) is 37.6 Å². The minimum atomic E-state index is -1.55. The highest BCUT2D eigenvalue weighted by Gasteiger charge is 2.54. The Kier molecular flexibility index (Phi) is 11.0. The topological polar surface area (TPSA) is 141 Å². The van der Waals surface area contributed by atoms with Crippen molar-refractivity contribution in [1.82, 2.24) is 10.9 Å². The van der Waals surface area contributed by atoms with Gasteiger partial charge in [-0.05, 0) is 58.6 Å². The molecule has 4 aromatic rings. The smallest absolute Gasteiger partial charge is 0.266 e. The monoisotopic (exact) mass is 686 g/mol. The molecule has 46 heavy (non-hydrogen) atoms. The van der Waals surface area contributed by atoms with E-state index < -0.39 is 23.4 Å². The number of nitrogens with one attached hydrogen (secondary N) is 2. The molecule has 0 aromatic heterocycles. The molecule has 0 saturated carbocycles. The Morgan fingerprint density at radius 3 is 2.43 bits per heavy atom. The van der Waals surface area contributed by atoms with E-state index >= 15 is 0 Å². The number of carbonyl (C=O) groups is 1. The highest BCUT2D eigenvalue weighted by atomic mass is 79.9. The van der Waals surface area contributed by atoms with Gasteiger partial charge in [-0.15, -0.1) is 0 Å². The third kappa shape index (κ3) is 7.55. The summed E-state index contributed by atoms with van der Waals surface area (Å²) in [6.45, 7) is 0.478. The van der Waals surface area contributed by atoms with E-state index in [1.807, 2.05) is 48.5 Å². The van der Waals surface area contributed by atoms with E-state index in [4.69, 9.17) is 25.1 Å². The van der Waals surface area contributed by atoms with Gasteiger partial charge in [0.05, 0.1) is 13.2 Å². The predicted molar refractivity (Wildman–Crippen MR) is 175 cm³/mol. The third-order valence-corrected chi connectivity index (χ3v) is 8.30. The van der Waals surface area contributed by atoms with Crippen LogP contribution in [0, 0.1) is 5.82 Å². The molecule has 12 heteroatoms. The number of carbonyl (C=O) groups excluding carboxylic acids is 1. The fourth-order valence-corrected chi connectivity index (χ4v) is 5.63. The summed E-state index contributed by atoms with van der Waals surface area (Å²) in [5.41, 5.74) is 16.3. The van der Waals surface area contributed by atoms with Crippen molar-refractivity contribution in [2.75, 3.05) is 13.2 Å². The number of azide groups is 1. The second-order valence-corrected chi connectivity index (χ2v) is 11.4. The van der Waals surface area contributed by atoms with Gasteiger partial charge in [0.1, 0.15) is 11.6 Å². The molecule has 0 unspecified atom stereocenters. The number of hydrogen-bond donors (Lipinski definition) is 3. The number of amides is 1. The van der Waals surface area contributed by atoms with Crippen LogP contribution < -0.4 is 15.6 Å². The maximum atomic E-state index is 14.5. The molecule has 1 heterocycles. The first-order valence-electron chi connectivity index (χ1n) is 14.6. The summed E-state index contributed by atoms with van der Waals surface area (Å²) in [5, 5.41) is 12.8. The fourth-order valence-electron chi connectivity index (χ4n) is 5.20. The van der Waals surface area contributed by atoms with E-state index in [9.17, 15) is 9.18 Å². The minimum absolute atomic E-state index is 0.0299. The Morgan fingerprint density at radius 1 is 1.02 bits per heavy atom. The average Bonchev–Trinajstić information content (AvgIpc) is 3.46. The van der Waals surface area contributed by atoms with Crippen LogP contribution in [0.3, 0.4) is 0 Å². The lowest BCUT2D eigenvalue weighted by Crippen LogP contribution is -2.54. The lowest BCUT2D eigenvalue weighted by Gasteiger charge is -2.32. The van der Waals surface area contributed by atoms with Crippen molar-refractivity contribution in [3.8, 4) is 5.75 Å². The largest absolute Gasteiger partial charge is 0.494 e. The van der Waals surface area contributed by atoms with Gasteiger partial charge in [0, 0.05) is 46.5 Å². The van der Waals surface area contributed by atoms with Crippen molar-refractivity contribution >= 4 is 27.7 Å². The molecule has 0 radical (unpaired) electrons. The van der Waals surface area contributed by atoms with Crippen LogP contribution in [-0.2, 0) is 29.0 Å². The molecule has 0 spiro atoms. The maximum Gasteiger partial charge on any atom is 0.266 e. The molecule has 0 aliphatic carbocycles. The Balaban J connectivity index is 1.58. The van der Waals surface area contributed by atoms with Crippen LogP contribution in [0.2, 0.25) is 0 Å². The number of hydrazine groups is 1. The molecule has 2 atom stereocenters. The Morgan fingerprint density at radius 2 is 1.72 bits per heavy atom. The van der Waals surface area contributed by atoms with Crippen LogP contribution >= 0.6 is 15.9 Å². The molecule has 236 valence electrons. The van der Waals surface area contributed by atoms with E-state index in [0.717, 1.165) is 10.0 Å². The molecule has 1 aliphatic rings. The summed E-state index contributed by atoms with van der Waals surface area (Å²) in [6.07, 6.45) is -0.296. The Labute approximate surface area is 274 Å². The van der Waals surface area contributed by atoms with Crippen LogP contribution in [0.1, 0.15) is 40.3 Å². The van der Waals surface area contributed by atoms with Crippen molar-refractivity contribution in [3.63, 3.8) is 0 Å². The third-order valence-electron chi connectivity index (χ3n) is 7.53. The zero-order valence-electron chi connectivity index (χ0n) is 24.8. The summed E-state index contributed by atoms with van der Waals surface area (Å²) in [7, 11) is 0. The van der Waals surface area contributed by atoms with Gasteiger partial charge in [-0.1, -0.05) is 81.7 Å². The van der Waals surface area contributed by atoms with E-state index in [1.165, 1.54) is 6.07 Å². The summed E-state index contributed by atoms with van der Waals surface area (Å²) < 4.78 is 27.4. The Bertz CT molecular complexity index is 1750.